The first-order chi connectivity index (χ1) is 13.1. The molecular weight excluding hydrogens is 344 g/mol. The number of aromatic nitrogens is 4. The molecule has 3 aromatic rings. The van der Waals surface area contributed by atoms with E-state index in [4.69, 9.17) is 0 Å². The van der Waals surface area contributed by atoms with Crippen LogP contribution in [0.15, 0.2) is 54.9 Å². The lowest BCUT2D eigenvalue weighted by atomic mass is 10.0. The van der Waals surface area contributed by atoms with Crippen LogP contribution in [0.3, 0.4) is 0 Å². The number of hydrogen-bond donors (Lipinski definition) is 1. The molecule has 1 atom stereocenters. The van der Waals surface area contributed by atoms with Crippen LogP contribution in [0.5, 0.6) is 5.75 Å². The van der Waals surface area contributed by atoms with Crippen molar-refractivity contribution in [3.63, 3.8) is 0 Å². The van der Waals surface area contributed by atoms with E-state index in [1.165, 1.54) is 22.6 Å². The molecule has 2 heterocycles. The Balaban J connectivity index is 1.56. The number of tetrazole rings is 1. The summed E-state index contributed by atoms with van der Waals surface area (Å²) in [5.41, 5.74) is 2.05. The average molecular weight is 364 g/mol. The van der Waals surface area contributed by atoms with Crippen LogP contribution in [-0.4, -0.2) is 67.7 Å². The molecule has 0 spiro atoms. The van der Waals surface area contributed by atoms with Crippen molar-refractivity contribution in [1.82, 2.24) is 30.0 Å². The average Bonchev–Trinajstić information content (AvgIpc) is 3.23. The lowest BCUT2D eigenvalue weighted by Gasteiger charge is -2.39. The van der Waals surface area contributed by atoms with E-state index in [0.717, 1.165) is 6.54 Å². The lowest BCUT2D eigenvalue weighted by molar-refractivity contribution is 0.0543. The molecule has 138 valence electrons. The molecule has 0 aliphatic carbocycles. The van der Waals surface area contributed by atoms with Gasteiger partial charge in [-0.25, -0.2) is 4.68 Å². The molecule has 0 radical (unpaired) electrons. The van der Waals surface area contributed by atoms with Gasteiger partial charge in [0.1, 0.15) is 12.1 Å². The zero-order valence-corrected chi connectivity index (χ0v) is 14.9. The minimum Gasteiger partial charge on any atom is -0.507 e. The highest BCUT2D eigenvalue weighted by Gasteiger charge is 2.29. The van der Waals surface area contributed by atoms with Gasteiger partial charge in [0.05, 0.1) is 17.3 Å². The molecule has 2 aromatic carbocycles. The molecule has 8 nitrogen and oxygen atoms in total. The molecule has 0 unspecified atom stereocenters. The standard InChI is InChI=1S/C19H20N6O2/c1-23-9-10-24(12-17(23)14-5-3-2-4-6-14)19(27)16-8-7-15(11-18(16)26)25-13-20-21-22-25/h2-8,11,13,17,26H,9-10,12H2,1H3/t17-/m0/s1. The van der Waals surface area contributed by atoms with Crippen molar-refractivity contribution in [2.24, 2.45) is 0 Å². The molecular formula is C19H20N6O2. The molecule has 1 fully saturated rings. The Kier molecular flexibility index (Phi) is 4.55. The summed E-state index contributed by atoms with van der Waals surface area (Å²) in [6, 6.07) is 15.1. The quantitative estimate of drug-likeness (QED) is 0.758. The fourth-order valence-corrected chi connectivity index (χ4v) is 3.39. The van der Waals surface area contributed by atoms with Crippen LogP contribution in [0.2, 0.25) is 0 Å². The monoisotopic (exact) mass is 364 g/mol. The Morgan fingerprint density at radius 2 is 1.96 bits per heavy atom. The summed E-state index contributed by atoms with van der Waals surface area (Å²) >= 11 is 0. The van der Waals surface area contributed by atoms with Gasteiger partial charge in [0.2, 0.25) is 0 Å². The highest BCUT2D eigenvalue weighted by molar-refractivity contribution is 5.97. The van der Waals surface area contributed by atoms with E-state index in [2.05, 4.69) is 39.6 Å². The van der Waals surface area contributed by atoms with E-state index in [1.807, 2.05) is 18.2 Å². The Morgan fingerprint density at radius 3 is 2.67 bits per heavy atom. The smallest absolute Gasteiger partial charge is 0.257 e. The SMILES string of the molecule is CN1CCN(C(=O)c2ccc(-n3cnnn3)cc2O)C[C@H]1c1ccccc1. The van der Waals surface area contributed by atoms with Gasteiger partial charge in [-0.05, 0) is 35.2 Å². The Labute approximate surface area is 156 Å². The largest absolute Gasteiger partial charge is 0.507 e. The minimum atomic E-state index is -0.176. The topological polar surface area (TPSA) is 87.4 Å². The second-order valence-electron chi connectivity index (χ2n) is 6.61. The first kappa shape index (κ1) is 17.2. The van der Waals surface area contributed by atoms with Gasteiger partial charge >= 0.3 is 0 Å². The van der Waals surface area contributed by atoms with Gasteiger partial charge in [0, 0.05) is 25.7 Å². The predicted octanol–water partition coefficient (Wildman–Crippen LogP) is 1.50. The third-order valence-electron chi connectivity index (χ3n) is 4.94. The molecule has 1 aliphatic rings. The number of piperazine rings is 1. The third-order valence-corrected chi connectivity index (χ3v) is 4.94. The van der Waals surface area contributed by atoms with E-state index in [-0.39, 0.29) is 23.3 Å². The third kappa shape index (κ3) is 3.39. The lowest BCUT2D eigenvalue weighted by Crippen LogP contribution is -2.49. The molecule has 27 heavy (non-hydrogen) atoms. The molecule has 1 amide bonds. The van der Waals surface area contributed by atoms with E-state index in [1.54, 1.807) is 17.0 Å². The number of hydrogen-bond acceptors (Lipinski definition) is 6. The number of rotatable bonds is 3. The maximum absolute atomic E-state index is 13.0. The molecule has 1 aromatic heterocycles. The summed E-state index contributed by atoms with van der Waals surface area (Å²) in [5.74, 6) is -0.256. The molecule has 0 bridgehead atoms. The fourth-order valence-electron chi connectivity index (χ4n) is 3.39. The summed E-state index contributed by atoms with van der Waals surface area (Å²) in [6.45, 7) is 1.97. The van der Waals surface area contributed by atoms with Crippen molar-refractivity contribution in [3.05, 3.63) is 66.0 Å². The van der Waals surface area contributed by atoms with Crippen LogP contribution in [0, 0.1) is 0 Å². The van der Waals surface area contributed by atoms with E-state index in [9.17, 15) is 9.90 Å². The minimum absolute atomic E-state index is 0.0804. The van der Waals surface area contributed by atoms with E-state index in [0.29, 0.717) is 18.8 Å². The maximum atomic E-state index is 13.0. The summed E-state index contributed by atoms with van der Waals surface area (Å²) in [5, 5.41) is 21.3. The maximum Gasteiger partial charge on any atom is 0.257 e. The first-order valence-corrected chi connectivity index (χ1v) is 8.74. The van der Waals surface area contributed by atoms with Gasteiger partial charge in [-0.2, -0.15) is 0 Å². The number of carbonyl (C=O) groups is 1. The van der Waals surface area contributed by atoms with Crippen LogP contribution in [-0.2, 0) is 0 Å². The van der Waals surface area contributed by atoms with Crippen molar-refractivity contribution < 1.29 is 9.90 Å². The molecule has 4 rings (SSSR count). The summed E-state index contributed by atoms with van der Waals surface area (Å²) in [6.07, 6.45) is 1.43. The molecule has 1 aliphatic heterocycles. The summed E-state index contributed by atoms with van der Waals surface area (Å²) in [7, 11) is 2.07. The Morgan fingerprint density at radius 1 is 1.15 bits per heavy atom. The van der Waals surface area contributed by atoms with Gasteiger partial charge in [0.25, 0.3) is 5.91 Å². The predicted molar refractivity (Wildman–Crippen MR) is 98.5 cm³/mol. The van der Waals surface area contributed by atoms with Crippen LogP contribution in [0.25, 0.3) is 5.69 Å². The van der Waals surface area contributed by atoms with Crippen molar-refractivity contribution in [2.75, 3.05) is 26.7 Å². The number of aromatic hydroxyl groups is 1. The second-order valence-corrected chi connectivity index (χ2v) is 6.61. The van der Waals surface area contributed by atoms with Crippen LogP contribution in [0.1, 0.15) is 22.0 Å². The highest BCUT2D eigenvalue weighted by atomic mass is 16.3. The van der Waals surface area contributed by atoms with Crippen molar-refractivity contribution in [2.45, 2.75) is 6.04 Å². The Hall–Kier alpha value is -3.26. The van der Waals surface area contributed by atoms with Crippen molar-refractivity contribution in [3.8, 4) is 11.4 Å². The first-order valence-electron chi connectivity index (χ1n) is 8.74. The number of amides is 1. The van der Waals surface area contributed by atoms with Crippen molar-refractivity contribution >= 4 is 5.91 Å². The van der Waals surface area contributed by atoms with Crippen LogP contribution >= 0.6 is 0 Å². The molecule has 8 heteroatoms. The van der Waals surface area contributed by atoms with Gasteiger partial charge in [-0.15, -0.1) is 5.10 Å². The number of phenols is 1. The summed E-state index contributed by atoms with van der Waals surface area (Å²) < 4.78 is 1.43. The van der Waals surface area contributed by atoms with E-state index >= 15 is 0 Å². The number of benzene rings is 2. The van der Waals surface area contributed by atoms with Gasteiger partial charge < -0.3 is 10.0 Å². The normalized spacial score (nSPS) is 17.8. The van der Waals surface area contributed by atoms with E-state index < -0.39 is 0 Å². The summed E-state index contributed by atoms with van der Waals surface area (Å²) in [4.78, 5) is 17.0. The molecule has 1 N–H and O–H groups in total. The van der Waals surface area contributed by atoms with Gasteiger partial charge in [0.15, 0.2) is 0 Å². The Bertz CT molecular complexity index is 929. The van der Waals surface area contributed by atoms with Crippen LogP contribution in [0.4, 0.5) is 0 Å². The van der Waals surface area contributed by atoms with Gasteiger partial charge in [-0.1, -0.05) is 30.3 Å². The molecule has 1 saturated heterocycles. The van der Waals surface area contributed by atoms with Gasteiger partial charge in [-0.3, -0.25) is 9.69 Å². The number of likely N-dealkylation sites (N-methyl/N-ethyl adjacent to an activating group) is 1. The number of phenolic OH excluding ortho intramolecular Hbond substituents is 1. The van der Waals surface area contributed by atoms with Crippen LogP contribution < -0.4 is 0 Å². The number of carbonyl (C=O) groups excluding carboxylic acids is 1. The zero-order valence-electron chi connectivity index (χ0n) is 14.9. The molecule has 0 saturated carbocycles. The second kappa shape index (κ2) is 7.16. The number of nitrogens with zero attached hydrogens (tertiary/aromatic N) is 6. The highest BCUT2D eigenvalue weighted by Crippen LogP contribution is 2.27. The zero-order chi connectivity index (χ0) is 18.8. The van der Waals surface area contributed by atoms with Crippen molar-refractivity contribution in [1.29, 1.82) is 0 Å². The fraction of sp³-hybridized carbons (Fsp3) is 0.263.